The number of hydrogen-bond acceptors (Lipinski definition) is 2. The molecule has 1 aromatic carbocycles. The molecule has 0 bridgehead atoms. The van der Waals surface area contributed by atoms with Gasteiger partial charge in [-0.3, -0.25) is 0 Å². The molecule has 0 fully saturated rings. The van der Waals surface area contributed by atoms with Crippen LogP contribution in [0.1, 0.15) is 31.4 Å². The lowest BCUT2D eigenvalue weighted by atomic mass is 9.93. The predicted molar refractivity (Wildman–Crippen MR) is 74.5 cm³/mol. The van der Waals surface area contributed by atoms with Gasteiger partial charge in [0.25, 0.3) is 0 Å². The SMILES string of the molecule is CCC(C)C(N)Cc1cc(Br)cc2c1OCC2. The zero-order valence-electron chi connectivity index (χ0n) is 10.5. The second-order valence-corrected chi connectivity index (χ2v) is 5.82. The summed E-state index contributed by atoms with van der Waals surface area (Å²) in [5.74, 6) is 1.62. The first kappa shape index (κ1) is 12.9. The highest BCUT2D eigenvalue weighted by molar-refractivity contribution is 9.10. The summed E-state index contributed by atoms with van der Waals surface area (Å²) in [4.78, 5) is 0. The van der Waals surface area contributed by atoms with Gasteiger partial charge in [-0.05, 0) is 35.6 Å². The van der Waals surface area contributed by atoms with E-state index in [1.54, 1.807) is 0 Å². The molecule has 0 amide bonds. The van der Waals surface area contributed by atoms with Crippen molar-refractivity contribution in [1.82, 2.24) is 0 Å². The van der Waals surface area contributed by atoms with E-state index in [0.717, 1.165) is 36.1 Å². The number of ether oxygens (including phenoxy) is 1. The molecule has 3 heteroatoms. The Balaban J connectivity index is 2.21. The number of rotatable bonds is 4. The van der Waals surface area contributed by atoms with Gasteiger partial charge in [-0.2, -0.15) is 0 Å². The maximum atomic E-state index is 6.23. The number of fused-ring (bicyclic) bond motifs is 1. The van der Waals surface area contributed by atoms with Crippen molar-refractivity contribution in [3.63, 3.8) is 0 Å². The molecular formula is C14H20BrNO. The fourth-order valence-electron chi connectivity index (χ4n) is 2.26. The molecule has 2 N–H and O–H groups in total. The third kappa shape index (κ3) is 2.83. The molecule has 1 aromatic rings. The summed E-state index contributed by atoms with van der Waals surface area (Å²) >= 11 is 3.56. The molecule has 1 heterocycles. The average molecular weight is 298 g/mol. The minimum Gasteiger partial charge on any atom is -0.493 e. The van der Waals surface area contributed by atoms with Crippen molar-refractivity contribution in [2.24, 2.45) is 11.7 Å². The zero-order chi connectivity index (χ0) is 12.4. The Morgan fingerprint density at radius 1 is 1.47 bits per heavy atom. The van der Waals surface area contributed by atoms with Crippen LogP contribution in [0.5, 0.6) is 5.75 Å². The van der Waals surface area contributed by atoms with E-state index in [1.165, 1.54) is 11.1 Å². The van der Waals surface area contributed by atoms with Crippen molar-refractivity contribution in [1.29, 1.82) is 0 Å². The summed E-state index contributed by atoms with van der Waals surface area (Å²) in [7, 11) is 0. The Hall–Kier alpha value is -0.540. The topological polar surface area (TPSA) is 35.2 Å². The van der Waals surface area contributed by atoms with Crippen molar-refractivity contribution in [2.75, 3.05) is 6.61 Å². The first-order valence-corrected chi connectivity index (χ1v) is 7.10. The normalized spacial score (nSPS) is 17.4. The first-order chi connectivity index (χ1) is 8.11. The van der Waals surface area contributed by atoms with E-state index < -0.39 is 0 Å². The third-order valence-corrected chi connectivity index (χ3v) is 4.11. The molecule has 1 aliphatic heterocycles. The number of nitrogens with two attached hydrogens (primary N) is 1. The summed E-state index contributed by atoms with van der Waals surface area (Å²) in [6.45, 7) is 5.20. The third-order valence-electron chi connectivity index (χ3n) is 3.66. The first-order valence-electron chi connectivity index (χ1n) is 6.31. The summed E-state index contributed by atoms with van der Waals surface area (Å²) in [5.41, 5.74) is 8.79. The van der Waals surface area contributed by atoms with E-state index >= 15 is 0 Å². The number of halogens is 1. The molecular weight excluding hydrogens is 278 g/mol. The van der Waals surface area contributed by atoms with Crippen LogP contribution >= 0.6 is 15.9 Å². The average Bonchev–Trinajstić information content (AvgIpc) is 2.75. The van der Waals surface area contributed by atoms with Crippen LogP contribution in [-0.4, -0.2) is 12.6 Å². The Kier molecular flexibility index (Phi) is 4.10. The molecule has 0 spiro atoms. The van der Waals surface area contributed by atoms with Crippen LogP contribution in [0, 0.1) is 5.92 Å². The highest BCUT2D eigenvalue weighted by atomic mass is 79.9. The lowest BCUT2D eigenvalue weighted by Gasteiger charge is -2.19. The van der Waals surface area contributed by atoms with Gasteiger partial charge in [-0.25, -0.2) is 0 Å². The van der Waals surface area contributed by atoms with Crippen molar-refractivity contribution < 1.29 is 4.74 Å². The molecule has 0 aliphatic carbocycles. The van der Waals surface area contributed by atoms with Crippen molar-refractivity contribution in [2.45, 2.75) is 39.2 Å². The van der Waals surface area contributed by atoms with Crippen LogP contribution in [0.4, 0.5) is 0 Å². The van der Waals surface area contributed by atoms with E-state index in [9.17, 15) is 0 Å². The Morgan fingerprint density at radius 3 is 2.94 bits per heavy atom. The largest absolute Gasteiger partial charge is 0.493 e. The van der Waals surface area contributed by atoms with Crippen LogP contribution in [0.3, 0.4) is 0 Å². The van der Waals surface area contributed by atoms with E-state index in [4.69, 9.17) is 10.5 Å². The molecule has 0 aromatic heterocycles. The molecule has 2 unspecified atom stereocenters. The van der Waals surface area contributed by atoms with Crippen LogP contribution in [0.25, 0.3) is 0 Å². The predicted octanol–water partition coefficient (Wildman–Crippen LogP) is 3.30. The van der Waals surface area contributed by atoms with E-state index in [0.29, 0.717) is 5.92 Å². The van der Waals surface area contributed by atoms with Gasteiger partial charge in [0.05, 0.1) is 6.61 Å². The van der Waals surface area contributed by atoms with Gasteiger partial charge in [0.2, 0.25) is 0 Å². The second-order valence-electron chi connectivity index (χ2n) is 4.91. The molecule has 94 valence electrons. The van der Waals surface area contributed by atoms with E-state index in [2.05, 4.69) is 41.9 Å². The zero-order valence-corrected chi connectivity index (χ0v) is 12.1. The molecule has 0 radical (unpaired) electrons. The van der Waals surface area contributed by atoms with Crippen LogP contribution in [0.2, 0.25) is 0 Å². The second kappa shape index (κ2) is 5.40. The summed E-state index contributed by atoms with van der Waals surface area (Å²) in [6, 6.07) is 4.51. The van der Waals surface area contributed by atoms with Gasteiger partial charge >= 0.3 is 0 Å². The van der Waals surface area contributed by atoms with Gasteiger partial charge in [0.15, 0.2) is 0 Å². The van der Waals surface area contributed by atoms with Crippen LogP contribution in [0.15, 0.2) is 16.6 Å². The molecule has 2 nitrogen and oxygen atoms in total. The van der Waals surface area contributed by atoms with Gasteiger partial charge in [0.1, 0.15) is 5.75 Å². The van der Waals surface area contributed by atoms with Crippen molar-refractivity contribution in [3.05, 3.63) is 27.7 Å². The minimum absolute atomic E-state index is 0.211. The maximum absolute atomic E-state index is 6.23. The fourth-order valence-corrected chi connectivity index (χ4v) is 2.81. The molecule has 1 aliphatic rings. The molecule has 2 atom stereocenters. The Morgan fingerprint density at radius 2 is 2.24 bits per heavy atom. The van der Waals surface area contributed by atoms with Crippen molar-refractivity contribution >= 4 is 15.9 Å². The highest BCUT2D eigenvalue weighted by Gasteiger charge is 2.20. The van der Waals surface area contributed by atoms with Gasteiger partial charge in [0, 0.05) is 16.9 Å². The maximum Gasteiger partial charge on any atom is 0.125 e. The smallest absolute Gasteiger partial charge is 0.125 e. The molecule has 0 saturated carbocycles. The summed E-state index contributed by atoms with van der Waals surface area (Å²) in [5, 5.41) is 0. The molecule has 0 saturated heterocycles. The Labute approximate surface area is 112 Å². The molecule has 2 rings (SSSR count). The van der Waals surface area contributed by atoms with Gasteiger partial charge in [-0.15, -0.1) is 0 Å². The minimum atomic E-state index is 0.211. The van der Waals surface area contributed by atoms with Gasteiger partial charge < -0.3 is 10.5 Å². The number of hydrogen-bond donors (Lipinski definition) is 1. The van der Waals surface area contributed by atoms with E-state index in [-0.39, 0.29) is 6.04 Å². The summed E-state index contributed by atoms with van der Waals surface area (Å²) < 4.78 is 6.85. The van der Waals surface area contributed by atoms with Crippen molar-refractivity contribution in [3.8, 4) is 5.75 Å². The fraction of sp³-hybridized carbons (Fsp3) is 0.571. The quantitative estimate of drug-likeness (QED) is 0.925. The van der Waals surface area contributed by atoms with Crippen LogP contribution < -0.4 is 10.5 Å². The lowest BCUT2D eigenvalue weighted by Crippen LogP contribution is -2.30. The standard InChI is InChI=1S/C14H20BrNO/c1-3-9(2)13(16)8-11-7-12(15)6-10-4-5-17-14(10)11/h6-7,9,13H,3-5,8,16H2,1-2H3. The van der Waals surface area contributed by atoms with Crippen LogP contribution in [-0.2, 0) is 12.8 Å². The van der Waals surface area contributed by atoms with Gasteiger partial charge in [-0.1, -0.05) is 36.2 Å². The lowest BCUT2D eigenvalue weighted by molar-refractivity contribution is 0.349. The Bertz CT molecular complexity index is 405. The van der Waals surface area contributed by atoms with E-state index in [1.807, 2.05) is 0 Å². The summed E-state index contributed by atoms with van der Waals surface area (Å²) in [6.07, 6.45) is 3.04. The number of benzene rings is 1. The highest BCUT2D eigenvalue weighted by Crippen LogP contribution is 2.34. The molecule has 17 heavy (non-hydrogen) atoms. The monoisotopic (exact) mass is 297 g/mol.